The number of likely N-dealkylation sites (N-methyl/N-ethyl adjacent to an activating group) is 1. The van der Waals surface area contributed by atoms with Gasteiger partial charge in [-0.3, -0.25) is 9.69 Å². The third kappa shape index (κ3) is 3.23. The highest BCUT2D eigenvalue weighted by Crippen LogP contribution is 2.32. The van der Waals surface area contributed by atoms with E-state index in [0.29, 0.717) is 25.0 Å². The van der Waals surface area contributed by atoms with Crippen LogP contribution in [-0.2, 0) is 4.79 Å². The zero-order chi connectivity index (χ0) is 17.4. The van der Waals surface area contributed by atoms with Crippen molar-refractivity contribution in [2.75, 3.05) is 32.0 Å². The van der Waals surface area contributed by atoms with Gasteiger partial charge in [0.1, 0.15) is 0 Å². The smallest absolute Gasteiger partial charge is 0.317 e. The van der Waals surface area contributed by atoms with Crippen molar-refractivity contribution in [3.8, 4) is 0 Å². The van der Waals surface area contributed by atoms with Gasteiger partial charge in [0, 0.05) is 49.7 Å². The normalized spacial score (nSPS) is 28.9. The molecule has 3 amide bonds. The Morgan fingerprint density at radius 3 is 2.92 bits per heavy atom. The summed E-state index contributed by atoms with van der Waals surface area (Å²) in [4.78, 5) is 29.0. The van der Waals surface area contributed by atoms with Crippen LogP contribution in [0.25, 0.3) is 0 Å². The summed E-state index contributed by atoms with van der Waals surface area (Å²) in [7, 11) is 2.18. The molecule has 0 aliphatic carbocycles. The van der Waals surface area contributed by atoms with Crippen molar-refractivity contribution >= 4 is 17.6 Å². The van der Waals surface area contributed by atoms with Gasteiger partial charge in [-0.2, -0.15) is 0 Å². The first-order valence-corrected chi connectivity index (χ1v) is 9.25. The lowest BCUT2D eigenvalue weighted by Gasteiger charge is -2.29. The van der Waals surface area contributed by atoms with E-state index >= 15 is 0 Å². The average Bonchev–Trinajstić information content (AvgIpc) is 2.84. The molecule has 3 aliphatic heterocycles. The Hall–Kier alpha value is -2.08. The number of nitrogens with zero attached hydrogens (tertiary/aromatic N) is 2. The molecule has 2 bridgehead atoms. The minimum absolute atomic E-state index is 0.00409. The van der Waals surface area contributed by atoms with Crippen molar-refractivity contribution in [3.63, 3.8) is 0 Å². The molecule has 3 unspecified atom stereocenters. The molecule has 3 atom stereocenters. The molecule has 6 heteroatoms. The van der Waals surface area contributed by atoms with E-state index in [1.54, 1.807) is 0 Å². The van der Waals surface area contributed by atoms with E-state index in [-0.39, 0.29) is 17.9 Å². The van der Waals surface area contributed by atoms with Gasteiger partial charge >= 0.3 is 6.03 Å². The molecule has 6 nitrogen and oxygen atoms in total. The third-order valence-electron chi connectivity index (χ3n) is 6.04. The molecule has 4 rings (SSSR count). The van der Waals surface area contributed by atoms with Gasteiger partial charge in [-0.25, -0.2) is 4.79 Å². The van der Waals surface area contributed by atoms with Crippen LogP contribution in [0.15, 0.2) is 24.3 Å². The van der Waals surface area contributed by atoms with Gasteiger partial charge < -0.3 is 15.5 Å². The Bertz CT molecular complexity index is 677. The number of benzene rings is 1. The second-order valence-corrected chi connectivity index (χ2v) is 7.51. The number of carbonyl (C=O) groups excluding carboxylic acids is 2. The lowest BCUT2D eigenvalue weighted by atomic mass is 9.90. The Labute approximate surface area is 148 Å². The maximum absolute atomic E-state index is 12.7. The molecule has 2 N–H and O–H groups in total. The summed E-state index contributed by atoms with van der Waals surface area (Å²) in [6.07, 6.45) is 3.91. The van der Waals surface area contributed by atoms with E-state index in [0.717, 1.165) is 30.8 Å². The van der Waals surface area contributed by atoms with E-state index < -0.39 is 0 Å². The standard InChI is InChI=1S/C19H26N4O2/c1-22-14-6-7-15(22)12-23(9-8-14)19(25)20-11-13-10-18(24)21-17-5-3-2-4-16(13)17/h2-5,13-15H,6-12H2,1H3,(H,20,25)(H,21,24). The zero-order valence-corrected chi connectivity index (χ0v) is 14.7. The number of hydrogen-bond acceptors (Lipinski definition) is 3. The van der Waals surface area contributed by atoms with E-state index in [9.17, 15) is 9.59 Å². The number of rotatable bonds is 2. The average molecular weight is 342 g/mol. The number of urea groups is 1. The topological polar surface area (TPSA) is 64.7 Å². The summed E-state index contributed by atoms with van der Waals surface area (Å²) in [5.41, 5.74) is 1.98. The quantitative estimate of drug-likeness (QED) is 0.864. The summed E-state index contributed by atoms with van der Waals surface area (Å²) in [5, 5.41) is 5.98. The SMILES string of the molecule is CN1C2CCC1CN(C(=O)NCC1CC(=O)Nc3ccccc31)CC2. The summed E-state index contributed by atoms with van der Waals surface area (Å²) in [5.74, 6) is 0.0617. The number of para-hydroxylation sites is 1. The van der Waals surface area contributed by atoms with Crippen LogP contribution in [0.5, 0.6) is 0 Å². The van der Waals surface area contributed by atoms with Gasteiger partial charge in [-0.1, -0.05) is 18.2 Å². The second-order valence-electron chi connectivity index (χ2n) is 7.51. The third-order valence-corrected chi connectivity index (χ3v) is 6.04. The van der Waals surface area contributed by atoms with Crippen molar-refractivity contribution < 1.29 is 9.59 Å². The van der Waals surface area contributed by atoms with Crippen LogP contribution in [0, 0.1) is 0 Å². The molecule has 0 aromatic heterocycles. The van der Waals surface area contributed by atoms with Crippen molar-refractivity contribution in [3.05, 3.63) is 29.8 Å². The number of anilines is 1. The van der Waals surface area contributed by atoms with Crippen LogP contribution in [0.1, 0.15) is 37.2 Å². The maximum Gasteiger partial charge on any atom is 0.317 e. The molecule has 1 aromatic carbocycles. The highest BCUT2D eigenvalue weighted by atomic mass is 16.2. The van der Waals surface area contributed by atoms with Gasteiger partial charge in [0.05, 0.1) is 0 Å². The molecule has 0 spiro atoms. The highest BCUT2D eigenvalue weighted by molar-refractivity contribution is 5.94. The van der Waals surface area contributed by atoms with Gasteiger partial charge in [0.25, 0.3) is 0 Å². The highest BCUT2D eigenvalue weighted by Gasteiger charge is 2.36. The van der Waals surface area contributed by atoms with Crippen molar-refractivity contribution in [1.29, 1.82) is 0 Å². The molecule has 0 radical (unpaired) electrons. The first-order chi connectivity index (χ1) is 12.1. The van der Waals surface area contributed by atoms with Crippen LogP contribution < -0.4 is 10.6 Å². The molecule has 3 heterocycles. The van der Waals surface area contributed by atoms with Crippen LogP contribution in [-0.4, -0.2) is 60.5 Å². The Kier molecular flexibility index (Phi) is 4.37. The van der Waals surface area contributed by atoms with E-state index in [2.05, 4.69) is 22.6 Å². The fourth-order valence-corrected chi connectivity index (χ4v) is 4.50. The summed E-state index contributed by atoms with van der Waals surface area (Å²) >= 11 is 0. The maximum atomic E-state index is 12.7. The lowest BCUT2D eigenvalue weighted by Crippen LogP contribution is -2.46. The largest absolute Gasteiger partial charge is 0.337 e. The minimum Gasteiger partial charge on any atom is -0.337 e. The van der Waals surface area contributed by atoms with E-state index in [1.165, 1.54) is 12.8 Å². The first kappa shape index (κ1) is 16.4. The van der Waals surface area contributed by atoms with Crippen LogP contribution in [0.3, 0.4) is 0 Å². The number of fused-ring (bicyclic) bond motifs is 3. The number of likely N-dealkylation sites (tertiary alicyclic amines) is 1. The molecule has 0 saturated carbocycles. The monoisotopic (exact) mass is 342 g/mol. The van der Waals surface area contributed by atoms with E-state index in [4.69, 9.17) is 0 Å². The molecule has 134 valence electrons. The van der Waals surface area contributed by atoms with Gasteiger partial charge in [0.2, 0.25) is 5.91 Å². The molecular formula is C19H26N4O2. The predicted octanol–water partition coefficient (Wildman–Crippen LogP) is 1.99. The number of nitrogens with one attached hydrogen (secondary N) is 2. The van der Waals surface area contributed by atoms with Crippen molar-refractivity contribution in [2.45, 2.75) is 43.7 Å². The molecule has 25 heavy (non-hydrogen) atoms. The molecule has 2 fully saturated rings. The molecular weight excluding hydrogens is 316 g/mol. The minimum atomic E-state index is 0.00409. The summed E-state index contributed by atoms with van der Waals surface area (Å²) in [6.45, 7) is 2.13. The molecule has 3 aliphatic rings. The van der Waals surface area contributed by atoms with Crippen LogP contribution >= 0.6 is 0 Å². The number of carbonyl (C=O) groups is 2. The van der Waals surface area contributed by atoms with Crippen molar-refractivity contribution in [1.82, 2.24) is 15.1 Å². The van der Waals surface area contributed by atoms with E-state index in [1.807, 2.05) is 29.2 Å². The fourth-order valence-electron chi connectivity index (χ4n) is 4.50. The fraction of sp³-hybridized carbons (Fsp3) is 0.579. The van der Waals surface area contributed by atoms with Crippen molar-refractivity contribution in [2.24, 2.45) is 0 Å². The first-order valence-electron chi connectivity index (χ1n) is 9.25. The Morgan fingerprint density at radius 2 is 2.04 bits per heavy atom. The molecule has 2 saturated heterocycles. The van der Waals surface area contributed by atoms with Crippen LogP contribution in [0.4, 0.5) is 10.5 Å². The van der Waals surface area contributed by atoms with Gasteiger partial charge in [-0.05, 0) is 37.9 Å². The Morgan fingerprint density at radius 1 is 1.24 bits per heavy atom. The number of hydrogen-bond donors (Lipinski definition) is 2. The number of amides is 3. The summed E-state index contributed by atoms with van der Waals surface area (Å²) < 4.78 is 0. The van der Waals surface area contributed by atoms with Gasteiger partial charge in [-0.15, -0.1) is 0 Å². The second kappa shape index (κ2) is 6.67. The van der Waals surface area contributed by atoms with Crippen LogP contribution in [0.2, 0.25) is 0 Å². The zero-order valence-electron chi connectivity index (χ0n) is 14.7. The lowest BCUT2D eigenvalue weighted by molar-refractivity contribution is -0.116. The summed E-state index contributed by atoms with van der Waals surface area (Å²) in [6, 6.07) is 8.96. The predicted molar refractivity (Wildman–Crippen MR) is 96.6 cm³/mol. The van der Waals surface area contributed by atoms with Gasteiger partial charge in [0.15, 0.2) is 0 Å². The Balaban J connectivity index is 1.38. The molecule has 1 aromatic rings.